The van der Waals surface area contributed by atoms with Crippen LogP contribution in [0.4, 0.5) is 0 Å². The maximum atomic E-state index is 8.22. The Balaban J connectivity index is 2.49. The molecule has 1 nitrogen and oxygen atoms in total. The SMILES string of the molecule is N#CCC1=[CH][In][CH]=C1. The van der Waals surface area contributed by atoms with Crippen molar-refractivity contribution in [3.8, 4) is 6.07 Å². The van der Waals surface area contributed by atoms with Crippen LogP contribution in [-0.2, 0) is 0 Å². The van der Waals surface area contributed by atoms with E-state index in [0.717, 1.165) is 0 Å². The van der Waals surface area contributed by atoms with Gasteiger partial charge < -0.3 is 0 Å². The number of hydrogen-bond acceptors (Lipinski definition) is 1. The molecule has 0 aromatic heterocycles. The second-order valence-corrected chi connectivity index (χ2v) is 4.78. The van der Waals surface area contributed by atoms with Gasteiger partial charge in [0.15, 0.2) is 0 Å². The van der Waals surface area contributed by atoms with Crippen LogP contribution in [0, 0.1) is 11.3 Å². The quantitative estimate of drug-likeness (QED) is 0.628. The fourth-order valence-electron chi connectivity index (χ4n) is 0.623. The molecule has 1 heterocycles. The Kier molecular flexibility index (Phi) is 2.23. The number of allylic oxidation sites excluding steroid dienone is 2. The summed E-state index contributed by atoms with van der Waals surface area (Å²) >= 11 is -0.397. The van der Waals surface area contributed by atoms with Crippen LogP contribution in [0.5, 0.6) is 0 Å². The molecule has 1 radical (unpaired) electrons. The first-order valence-corrected chi connectivity index (χ1v) is 6.31. The van der Waals surface area contributed by atoms with Crippen molar-refractivity contribution in [2.75, 3.05) is 0 Å². The third kappa shape index (κ3) is 1.41. The molecule has 0 amide bonds. The fourth-order valence-corrected chi connectivity index (χ4v) is 3.32. The van der Waals surface area contributed by atoms with Crippen LogP contribution >= 0.6 is 0 Å². The molecule has 2 heteroatoms. The number of hydrogen-bond donors (Lipinski definition) is 0. The van der Waals surface area contributed by atoms with Gasteiger partial charge >= 0.3 is 60.0 Å². The maximum absolute atomic E-state index is 8.22. The molecule has 0 unspecified atom stereocenters. The van der Waals surface area contributed by atoms with Gasteiger partial charge in [0.2, 0.25) is 0 Å². The number of nitriles is 1. The molecule has 1 aliphatic rings. The summed E-state index contributed by atoms with van der Waals surface area (Å²) in [6, 6.07) is 2.12. The van der Waals surface area contributed by atoms with Crippen molar-refractivity contribution >= 4 is 22.9 Å². The average molecular weight is 206 g/mol. The fraction of sp³-hybridized carbons (Fsp3) is 0.167. The first-order chi connectivity index (χ1) is 3.93. The van der Waals surface area contributed by atoms with E-state index in [-0.39, 0.29) is 0 Å². The zero-order valence-corrected chi connectivity index (χ0v) is 7.76. The summed E-state index contributed by atoms with van der Waals surface area (Å²) < 4.78 is 4.51. The Morgan fingerprint density at radius 1 is 1.75 bits per heavy atom. The zero-order chi connectivity index (χ0) is 5.82. The average Bonchev–Trinajstić information content (AvgIpc) is 2.19. The van der Waals surface area contributed by atoms with E-state index < -0.39 is 22.9 Å². The Morgan fingerprint density at radius 2 is 2.62 bits per heavy atom. The van der Waals surface area contributed by atoms with Gasteiger partial charge in [-0.25, -0.2) is 0 Å². The predicted octanol–water partition coefficient (Wildman–Crippen LogP) is 1.02. The van der Waals surface area contributed by atoms with E-state index in [0.29, 0.717) is 6.42 Å². The van der Waals surface area contributed by atoms with E-state index in [1.165, 1.54) is 5.57 Å². The standard InChI is InChI=1S/C6H5N.In/c1-3-6(2)4-5-7;/h1-3H,4H2;. The van der Waals surface area contributed by atoms with Crippen molar-refractivity contribution in [2.45, 2.75) is 6.42 Å². The van der Waals surface area contributed by atoms with E-state index in [9.17, 15) is 0 Å². The van der Waals surface area contributed by atoms with Gasteiger partial charge in [-0.3, -0.25) is 0 Å². The van der Waals surface area contributed by atoms with E-state index in [2.05, 4.69) is 19.8 Å². The van der Waals surface area contributed by atoms with Crippen LogP contribution in [0.15, 0.2) is 19.3 Å². The molecular formula is C6H5InN. The molecule has 0 saturated carbocycles. The van der Waals surface area contributed by atoms with E-state index in [1.807, 2.05) is 0 Å². The molecule has 0 aliphatic carbocycles. The second kappa shape index (κ2) is 2.99. The van der Waals surface area contributed by atoms with Crippen LogP contribution in [0.25, 0.3) is 0 Å². The predicted molar refractivity (Wildman–Crippen MR) is 33.2 cm³/mol. The van der Waals surface area contributed by atoms with Crippen molar-refractivity contribution in [1.29, 1.82) is 5.26 Å². The van der Waals surface area contributed by atoms with Crippen LogP contribution in [0.2, 0.25) is 0 Å². The van der Waals surface area contributed by atoms with E-state index in [1.54, 1.807) is 0 Å². The van der Waals surface area contributed by atoms with Gasteiger partial charge in [0.1, 0.15) is 0 Å². The summed E-state index contributed by atoms with van der Waals surface area (Å²) in [6.45, 7) is 0. The Bertz CT molecular complexity index is 173. The molecule has 0 aromatic carbocycles. The van der Waals surface area contributed by atoms with Crippen LogP contribution < -0.4 is 0 Å². The molecule has 0 N–H and O–H groups in total. The summed E-state index contributed by atoms with van der Waals surface area (Å²) in [5.41, 5.74) is 1.24. The topological polar surface area (TPSA) is 23.8 Å². The van der Waals surface area contributed by atoms with E-state index in [4.69, 9.17) is 5.26 Å². The van der Waals surface area contributed by atoms with Gasteiger partial charge in [0.05, 0.1) is 0 Å². The second-order valence-electron chi connectivity index (χ2n) is 1.63. The molecular weight excluding hydrogens is 201 g/mol. The minimum atomic E-state index is -0.397. The van der Waals surface area contributed by atoms with Crippen molar-refractivity contribution in [3.63, 3.8) is 0 Å². The Labute approximate surface area is 60.1 Å². The molecule has 0 fully saturated rings. The van der Waals surface area contributed by atoms with Gasteiger partial charge in [0, 0.05) is 0 Å². The van der Waals surface area contributed by atoms with Crippen molar-refractivity contribution in [1.82, 2.24) is 0 Å². The minimum absolute atomic E-state index is 0.397. The number of nitrogens with zero attached hydrogens (tertiary/aromatic N) is 1. The first-order valence-electron chi connectivity index (χ1n) is 2.51. The van der Waals surface area contributed by atoms with Crippen LogP contribution in [0.1, 0.15) is 6.42 Å². The van der Waals surface area contributed by atoms with Gasteiger partial charge in [-0.05, 0) is 0 Å². The summed E-state index contributed by atoms with van der Waals surface area (Å²) in [7, 11) is 0. The molecule has 0 atom stereocenters. The molecule has 1 rings (SSSR count). The summed E-state index contributed by atoms with van der Waals surface area (Å²) in [5.74, 6) is 0. The molecule has 0 spiro atoms. The Morgan fingerprint density at radius 3 is 3.12 bits per heavy atom. The van der Waals surface area contributed by atoms with Crippen molar-refractivity contribution in [3.05, 3.63) is 19.3 Å². The molecule has 0 saturated heterocycles. The van der Waals surface area contributed by atoms with Gasteiger partial charge in [0.25, 0.3) is 0 Å². The van der Waals surface area contributed by atoms with Crippen molar-refractivity contribution < 1.29 is 0 Å². The monoisotopic (exact) mass is 206 g/mol. The van der Waals surface area contributed by atoms with Crippen LogP contribution in [-0.4, -0.2) is 22.9 Å². The third-order valence-corrected chi connectivity index (χ3v) is 3.97. The number of rotatable bonds is 1. The first kappa shape index (κ1) is 5.97. The van der Waals surface area contributed by atoms with Gasteiger partial charge in [-0.2, -0.15) is 0 Å². The normalized spacial score (nSPS) is 14.6. The summed E-state index contributed by atoms with van der Waals surface area (Å²) in [6.07, 6.45) is 2.70. The van der Waals surface area contributed by atoms with Crippen molar-refractivity contribution in [2.24, 2.45) is 0 Å². The third-order valence-electron chi connectivity index (χ3n) is 1.01. The van der Waals surface area contributed by atoms with Gasteiger partial charge in [-0.15, -0.1) is 0 Å². The zero-order valence-electron chi connectivity index (χ0n) is 4.46. The summed E-state index contributed by atoms with van der Waals surface area (Å²) in [4.78, 5) is 0. The Hall–Kier alpha value is -0.160. The molecule has 8 heavy (non-hydrogen) atoms. The summed E-state index contributed by atoms with van der Waals surface area (Å²) in [5, 5.41) is 8.22. The molecule has 1 aliphatic heterocycles. The molecule has 0 bridgehead atoms. The molecule has 37 valence electrons. The van der Waals surface area contributed by atoms with Gasteiger partial charge in [-0.1, -0.05) is 0 Å². The van der Waals surface area contributed by atoms with E-state index >= 15 is 0 Å². The van der Waals surface area contributed by atoms with Crippen LogP contribution in [0.3, 0.4) is 0 Å². The molecule has 0 aromatic rings.